The lowest BCUT2D eigenvalue weighted by Gasteiger charge is -2.10. The smallest absolute Gasteiger partial charge is 0.344 e. The highest BCUT2D eigenvalue weighted by Gasteiger charge is 2.25. The van der Waals surface area contributed by atoms with Gasteiger partial charge in [0, 0.05) is 6.08 Å². The molecule has 1 saturated heterocycles. The van der Waals surface area contributed by atoms with Crippen molar-refractivity contribution in [1.82, 2.24) is 5.32 Å². The summed E-state index contributed by atoms with van der Waals surface area (Å²) in [4.78, 5) is 34.5. The summed E-state index contributed by atoms with van der Waals surface area (Å²) in [6, 6.07) is 4.96. The summed E-state index contributed by atoms with van der Waals surface area (Å²) in [5.74, 6) is -0.797. The number of nitrogens with zero attached hydrogens (tertiary/aromatic N) is 2. The van der Waals surface area contributed by atoms with Crippen LogP contribution in [-0.2, 0) is 23.9 Å². The lowest BCUT2D eigenvalue weighted by atomic mass is 10.2. The fourth-order valence-electron chi connectivity index (χ4n) is 2.01. The van der Waals surface area contributed by atoms with E-state index in [0.717, 1.165) is 17.8 Å². The van der Waals surface area contributed by atoms with Crippen molar-refractivity contribution >= 4 is 41.0 Å². The number of esters is 2. The molecule has 154 valence electrons. The van der Waals surface area contributed by atoms with Crippen LogP contribution in [-0.4, -0.2) is 56.7 Å². The zero-order valence-electron chi connectivity index (χ0n) is 16.0. The molecule has 10 nitrogen and oxygen atoms in total. The summed E-state index contributed by atoms with van der Waals surface area (Å²) in [5.41, 5.74) is 0.648. The fourth-order valence-corrected chi connectivity index (χ4v) is 2.75. The molecule has 0 aromatic heterocycles. The van der Waals surface area contributed by atoms with E-state index in [1.807, 2.05) is 0 Å². The van der Waals surface area contributed by atoms with Gasteiger partial charge in [-0.2, -0.15) is 5.10 Å². The van der Waals surface area contributed by atoms with E-state index in [4.69, 9.17) is 14.2 Å². The number of thioether (sulfide) groups is 1. The average molecular weight is 421 g/mol. The van der Waals surface area contributed by atoms with Crippen molar-refractivity contribution < 1.29 is 33.3 Å². The molecule has 0 spiro atoms. The minimum absolute atomic E-state index is 0.163. The second-order valence-corrected chi connectivity index (χ2v) is 6.27. The number of ether oxygens (including phenoxy) is 4. The first-order chi connectivity index (χ1) is 14.0. The quantitative estimate of drug-likeness (QED) is 0.288. The number of nitrogens with one attached hydrogen (secondary N) is 1. The van der Waals surface area contributed by atoms with Crippen LogP contribution in [0.4, 0.5) is 0 Å². The van der Waals surface area contributed by atoms with Crippen LogP contribution >= 0.6 is 11.8 Å². The Bertz CT molecular complexity index is 880. The van der Waals surface area contributed by atoms with Crippen LogP contribution in [0.1, 0.15) is 12.5 Å². The van der Waals surface area contributed by atoms with Gasteiger partial charge < -0.3 is 18.9 Å². The van der Waals surface area contributed by atoms with Gasteiger partial charge in [-0.3, -0.25) is 10.1 Å². The maximum Gasteiger partial charge on any atom is 0.344 e. The molecule has 0 aliphatic carbocycles. The molecular formula is C18H19N3O7S. The number of methoxy groups -OCH3 is 2. The summed E-state index contributed by atoms with van der Waals surface area (Å²) in [6.07, 6.45) is 2.52. The summed E-state index contributed by atoms with van der Waals surface area (Å²) < 4.78 is 19.9. The van der Waals surface area contributed by atoms with Gasteiger partial charge in [0.25, 0.3) is 5.91 Å². The molecule has 0 saturated carbocycles. The molecule has 1 aliphatic rings. The lowest BCUT2D eigenvalue weighted by molar-refractivity contribution is -0.145. The summed E-state index contributed by atoms with van der Waals surface area (Å²) in [7, 11) is 2.69. The van der Waals surface area contributed by atoms with Crippen molar-refractivity contribution in [3.8, 4) is 11.5 Å². The maximum absolute atomic E-state index is 11.7. The number of rotatable bonds is 8. The summed E-state index contributed by atoms with van der Waals surface area (Å²) in [5, 5.41) is 10.5. The van der Waals surface area contributed by atoms with Crippen molar-refractivity contribution in [2.45, 2.75) is 6.92 Å². The monoisotopic (exact) mass is 421 g/mol. The molecule has 1 amide bonds. The Kier molecular flexibility index (Phi) is 8.22. The Morgan fingerprint density at radius 1 is 1.24 bits per heavy atom. The number of hydrogen-bond donors (Lipinski definition) is 1. The Morgan fingerprint density at radius 2 is 2.03 bits per heavy atom. The van der Waals surface area contributed by atoms with Gasteiger partial charge in [-0.25, -0.2) is 9.59 Å². The number of benzene rings is 1. The van der Waals surface area contributed by atoms with Crippen molar-refractivity contribution in [1.29, 1.82) is 0 Å². The predicted molar refractivity (Wildman–Crippen MR) is 106 cm³/mol. The van der Waals surface area contributed by atoms with E-state index in [-0.39, 0.29) is 23.3 Å². The van der Waals surface area contributed by atoms with Crippen LogP contribution in [0.25, 0.3) is 0 Å². The van der Waals surface area contributed by atoms with E-state index in [1.54, 1.807) is 25.1 Å². The van der Waals surface area contributed by atoms with Crippen LogP contribution in [0.5, 0.6) is 11.5 Å². The topological polar surface area (TPSA) is 125 Å². The zero-order chi connectivity index (χ0) is 21.2. The highest BCUT2D eigenvalue weighted by molar-refractivity contribution is 8.18. The number of amides is 1. The van der Waals surface area contributed by atoms with Gasteiger partial charge in [0.05, 0.1) is 31.9 Å². The van der Waals surface area contributed by atoms with Crippen LogP contribution in [0.3, 0.4) is 0 Å². The normalized spacial score (nSPS) is 16.2. The maximum atomic E-state index is 11.7. The van der Waals surface area contributed by atoms with Crippen molar-refractivity contribution in [2.24, 2.45) is 10.2 Å². The lowest BCUT2D eigenvalue weighted by Crippen LogP contribution is -2.19. The number of carbonyl (C=O) groups excluding carboxylic acids is 3. The minimum atomic E-state index is -0.634. The van der Waals surface area contributed by atoms with Gasteiger partial charge in [-0.15, -0.1) is 5.10 Å². The Balaban J connectivity index is 2.03. The van der Waals surface area contributed by atoms with Gasteiger partial charge in [-0.1, -0.05) is 0 Å². The van der Waals surface area contributed by atoms with Gasteiger partial charge >= 0.3 is 11.9 Å². The van der Waals surface area contributed by atoms with Crippen molar-refractivity contribution in [2.75, 3.05) is 27.4 Å². The first kappa shape index (κ1) is 22.0. The highest BCUT2D eigenvalue weighted by Crippen LogP contribution is 2.28. The molecule has 1 N–H and O–H groups in total. The van der Waals surface area contributed by atoms with Gasteiger partial charge in [0.2, 0.25) is 0 Å². The highest BCUT2D eigenvalue weighted by atomic mass is 32.2. The molecule has 0 bridgehead atoms. The second kappa shape index (κ2) is 10.9. The molecule has 0 atom stereocenters. The largest absolute Gasteiger partial charge is 0.493 e. The second-order valence-electron chi connectivity index (χ2n) is 5.24. The van der Waals surface area contributed by atoms with E-state index < -0.39 is 17.8 Å². The van der Waals surface area contributed by atoms with Gasteiger partial charge in [-0.05, 0) is 42.4 Å². The predicted octanol–water partition coefficient (Wildman–Crippen LogP) is 1.25. The minimum Gasteiger partial charge on any atom is -0.493 e. The summed E-state index contributed by atoms with van der Waals surface area (Å²) >= 11 is 0.968. The molecule has 0 unspecified atom stereocenters. The third-order valence-electron chi connectivity index (χ3n) is 3.29. The third-order valence-corrected chi connectivity index (χ3v) is 4.20. The Labute approximate surface area is 170 Å². The van der Waals surface area contributed by atoms with Gasteiger partial charge in [0.1, 0.15) is 0 Å². The van der Waals surface area contributed by atoms with E-state index in [1.165, 1.54) is 20.4 Å². The van der Waals surface area contributed by atoms with Crippen LogP contribution in [0.15, 0.2) is 39.4 Å². The van der Waals surface area contributed by atoms with Crippen LogP contribution in [0, 0.1) is 0 Å². The van der Waals surface area contributed by atoms with E-state index in [2.05, 4.69) is 20.3 Å². The average Bonchev–Trinajstić information content (AvgIpc) is 3.05. The molecule has 1 fully saturated rings. The fraction of sp³-hybridized carbons (Fsp3) is 0.278. The standard InChI is InChI=1S/C18H19N3O7S/c1-4-27-16(23)10-28-12-6-5-11(7-13(12)25-2)9-19-21-18-20-17(24)14(29-18)8-15(22)26-3/h5-9H,4,10H2,1-3H3,(H,20,21,24)/b14-8+,19-9?. The molecular weight excluding hydrogens is 402 g/mol. The molecule has 1 aromatic carbocycles. The number of amidine groups is 1. The first-order valence-electron chi connectivity index (χ1n) is 8.33. The zero-order valence-corrected chi connectivity index (χ0v) is 16.8. The molecule has 11 heteroatoms. The van der Waals surface area contributed by atoms with Gasteiger partial charge in [0.15, 0.2) is 23.3 Å². The third kappa shape index (κ3) is 6.64. The summed E-state index contributed by atoms with van der Waals surface area (Å²) in [6.45, 7) is 1.75. The molecule has 1 aromatic rings. The van der Waals surface area contributed by atoms with Crippen LogP contribution < -0.4 is 14.8 Å². The van der Waals surface area contributed by atoms with E-state index >= 15 is 0 Å². The molecule has 0 radical (unpaired) electrons. The Hall–Kier alpha value is -3.34. The molecule has 2 rings (SSSR count). The number of carbonyl (C=O) groups is 3. The number of hydrogen-bond acceptors (Lipinski definition) is 10. The van der Waals surface area contributed by atoms with Crippen molar-refractivity contribution in [3.63, 3.8) is 0 Å². The first-order valence-corrected chi connectivity index (χ1v) is 9.14. The van der Waals surface area contributed by atoms with Crippen molar-refractivity contribution in [3.05, 3.63) is 34.7 Å². The van der Waals surface area contributed by atoms with E-state index in [0.29, 0.717) is 17.1 Å². The van der Waals surface area contributed by atoms with Crippen LogP contribution in [0.2, 0.25) is 0 Å². The Morgan fingerprint density at radius 3 is 2.72 bits per heavy atom. The molecule has 1 aliphatic heterocycles. The molecule has 29 heavy (non-hydrogen) atoms. The van der Waals surface area contributed by atoms with E-state index in [9.17, 15) is 14.4 Å². The molecule has 1 heterocycles. The SMILES string of the molecule is CCOC(=O)COc1ccc(C=N/N=C2/NC(=O)/C(=C\C(=O)OC)S2)cc1OC.